The van der Waals surface area contributed by atoms with Gasteiger partial charge in [0.2, 0.25) is 0 Å². The van der Waals surface area contributed by atoms with Crippen LogP contribution in [-0.4, -0.2) is 34.8 Å². The Morgan fingerprint density at radius 2 is 1.80 bits per heavy atom. The van der Waals surface area contributed by atoms with Gasteiger partial charge in [0, 0.05) is 11.8 Å². The Hall–Kier alpha value is -4.02. The van der Waals surface area contributed by atoms with Gasteiger partial charge in [0.15, 0.2) is 0 Å². The van der Waals surface area contributed by atoms with Crippen molar-refractivity contribution < 1.29 is 32.3 Å². The molecule has 1 fully saturated rings. The predicted molar refractivity (Wildman–Crippen MR) is 121 cm³/mol. The number of nitrogens with zero attached hydrogens (tertiary/aromatic N) is 2. The first kappa shape index (κ1) is 24.1. The molecular weight excluding hydrogens is 462 g/mol. The van der Waals surface area contributed by atoms with Gasteiger partial charge >= 0.3 is 23.8 Å². The first-order chi connectivity index (χ1) is 16.9. The van der Waals surface area contributed by atoms with E-state index in [1.807, 2.05) is 0 Å². The van der Waals surface area contributed by atoms with Crippen molar-refractivity contribution in [2.45, 2.75) is 38.7 Å². The lowest BCUT2D eigenvalue weighted by atomic mass is 9.87. The van der Waals surface area contributed by atoms with Crippen LogP contribution in [0.2, 0.25) is 0 Å². The monoisotopic (exact) mass is 486 g/mol. The van der Waals surface area contributed by atoms with Gasteiger partial charge in [-0.3, -0.25) is 9.59 Å². The van der Waals surface area contributed by atoms with Crippen molar-refractivity contribution in [1.82, 2.24) is 10.2 Å². The van der Waals surface area contributed by atoms with Gasteiger partial charge in [-0.05, 0) is 69.0 Å². The molecule has 0 aliphatic heterocycles. The highest BCUT2D eigenvalue weighted by molar-refractivity contribution is 6.01. The number of anilines is 3. The summed E-state index contributed by atoms with van der Waals surface area (Å²) in [4.78, 5) is 24.2. The van der Waals surface area contributed by atoms with Crippen molar-refractivity contribution in [3.63, 3.8) is 0 Å². The van der Waals surface area contributed by atoms with E-state index in [-0.39, 0.29) is 35.6 Å². The van der Waals surface area contributed by atoms with E-state index in [9.17, 15) is 18.4 Å². The molecule has 0 spiro atoms. The first-order valence-corrected chi connectivity index (χ1v) is 11.2. The first-order valence-electron chi connectivity index (χ1n) is 11.2. The number of benzene rings is 2. The van der Waals surface area contributed by atoms with E-state index < -0.39 is 17.5 Å². The summed E-state index contributed by atoms with van der Waals surface area (Å²) in [5.41, 5.74) is 0.401. The molecule has 35 heavy (non-hydrogen) atoms. The van der Waals surface area contributed by atoms with Crippen LogP contribution in [0.4, 0.5) is 26.2 Å². The van der Waals surface area contributed by atoms with Gasteiger partial charge < -0.3 is 24.5 Å². The van der Waals surface area contributed by atoms with Gasteiger partial charge in [-0.15, -0.1) is 5.10 Å². The quantitative estimate of drug-likeness (QED) is 0.435. The van der Waals surface area contributed by atoms with Crippen molar-refractivity contribution in [2.75, 3.05) is 17.2 Å². The van der Waals surface area contributed by atoms with Gasteiger partial charge in [0.05, 0.1) is 24.3 Å². The molecule has 2 aromatic carbocycles. The Morgan fingerprint density at radius 3 is 2.49 bits per heavy atom. The number of carbonyl (C=O) groups is 2. The average Bonchev–Trinajstić information content (AvgIpc) is 3.31. The van der Waals surface area contributed by atoms with Crippen molar-refractivity contribution in [3.05, 3.63) is 60.0 Å². The van der Waals surface area contributed by atoms with E-state index in [0.29, 0.717) is 43.7 Å². The zero-order valence-corrected chi connectivity index (χ0v) is 18.9. The minimum Gasteiger partial charge on any atom is -0.490 e. The lowest BCUT2D eigenvalue weighted by Gasteiger charge is -2.27. The molecule has 11 heteroatoms. The average molecular weight is 486 g/mol. The van der Waals surface area contributed by atoms with Crippen molar-refractivity contribution in [1.29, 1.82) is 0 Å². The standard InChI is InChI=1S/C24H24F2N4O5/c1-2-33-23(32)14-3-9-17(10-4-14)34-18-11-12-20(19(26)13-18)28-21(31)22-29-30-24(35-22)27-16-7-5-15(25)6-8-16/h5-8,11-14,17H,2-4,9-10H2,1H3,(H,27,30)(H,28,31). The molecule has 1 amide bonds. The van der Waals surface area contributed by atoms with Crippen LogP contribution in [0, 0.1) is 17.6 Å². The van der Waals surface area contributed by atoms with Crippen molar-refractivity contribution in [2.24, 2.45) is 5.92 Å². The fourth-order valence-electron chi connectivity index (χ4n) is 3.74. The molecule has 0 bridgehead atoms. The molecule has 184 valence electrons. The van der Waals surface area contributed by atoms with E-state index in [0.717, 1.165) is 0 Å². The number of rotatable bonds is 8. The number of amides is 1. The lowest BCUT2D eigenvalue weighted by Crippen LogP contribution is -2.29. The molecule has 9 nitrogen and oxygen atoms in total. The van der Waals surface area contributed by atoms with Crippen LogP contribution in [0.1, 0.15) is 43.3 Å². The molecule has 1 aromatic heterocycles. The summed E-state index contributed by atoms with van der Waals surface area (Å²) in [6.07, 6.45) is 2.50. The number of esters is 1. The van der Waals surface area contributed by atoms with Crippen molar-refractivity contribution >= 4 is 29.3 Å². The third-order valence-electron chi connectivity index (χ3n) is 5.50. The van der Waals surface area contributed by atoms with E-state index in [2.05, 4.69) is 20.8 Å². The van der Waals surface area contributed by atoms with Gasteiger partial charge in [-0.25, -0.2) is 8.78 Å². The van der Waals surface area contributed by atoms with Crippen LogP contribution >= 0.6 is 0 Å². The largest absolute Gasteiger partial charge is 0.490 e. The van der Waals surface area contributed by atoms with Crippen LogP contribution in [0.25, 0.3) is 0 Å². The molecule has 0 saturated heterocycles. The summed E-state index contributed by atoms with van der Waals surface area (Å²) in [5, 5.41) is 12.5. The normalized spacial score (nSPS) is 17.5. The second-order valence-corrected chi connectivity index (χ2v) is 7.98. The van der Waals surface area contributed by atoms with E-state index >= 15 is 0 Å². The van der Waals surface area contributed by atoms with Gasteiger partial charge in [-0.2, -0.15) is 0 Å². The number of carbonyl (C=O) groups excluding carboxylic acids is 2. The topological polar surface area (TPSA) is 116 Å². The Balaban J connectivity index is 1.30. The summed E-state index contributed by atoms with van der Waals surface area (Å²) in [6.45, 7) is 2.14. The van der Waals surface area contributed by atoms with Gasteiger partial charge in [-0.1, -0.05) is 5.10 Å². The molecule has 1 heterocycles. The zero-order valence-electron chi connectivity index (χ0n) is 18.9. The van der Waals surface area contributed by atoms with E-state index in [1.165, 1.54) is 36.4 Å². The number of ether oxygens (including phenoxy) is 2. The number of hydrogen-bond donors (Lipinski definition) is 2. The Labute approximate surface area is 199 Å². The number of nitrogens with one attached hydrogen (secondary N) is 2. The van der Waals surface area contributed by atoms with Gasteiger partial charge in [0.1, 0.15) is 17.4 Å². The molecule has 0 radical (unpaired) electrons. The second kappa shape index (κ2) is 10.9. The maximum absolute atomic E-state index is 14.6. The van der Waals surface area contributed by atoms with Crippen LogP contribution in [0.15, 0.2) is 46.9 Å². The minimum absolute atomic E-state index is 0.0799. The molecule has 2 N–H and O–H groups in total. The Bertz CT molecular complexity index is 1180. The molecule has 1 saturated carbocycles. The van der Waals surface area contributed by atoms with Crippen molar-refractivity contribution in [3.8, 4) is 5.75 Å². The highest BCUT2D eigenvalue weighted by Gasteiger charge is 2.28. The number of hydrogen-bond acceptors (Lipinski definition) is 8. The van der Waals surface area contributed by atoms with E-state index in [1.54, 1.807) is 13.0 Å². The Morgan fingerprint density at radius 1 is 1.06 bits per heavy atom. The molecule has 0 unspecified atom stereocenters. The number of aromatic nitrogens is 2. The maximum Gasteiger partial charge on any atom is 0.320 e. The summed E-state index contributed by atoms with van der Waals surface area (Å²) in [6, 6.07) is 9.45. The van der Waals surface area contributed by atoms with Crippen LogP contribution in [0.5, 0.6) is 5.75 Å². The smallest absolute Gasteiger partial charge is 0.320 e. The molecule has 4 rings (SSSR count). The number of halogens is 2. The molecule has 0 atom stereocenters. The third-order valence-corrected chi connectivity index (χ3v) is 5.50. The zero-order chi connectivity index (χ0) is 24.8. The molecule has 3 aromatic rings. The maximum atomic E-state index is 14.6. The second-order valence-electron chi connectivity index (χ2n) is 7.98. The fraction of sp³-hybridized carbons (Fsp3) is 0.333. The summed E-state index contributed by atoms with van der Waals surface area (Å²) in [7, 11) is 0. The summed E-state index contributed by atoms with van der Waals surface area (Å²) < 4.78 is 43.7. The summed E-state index contributed by atoms with van der Waals surface area (Å²) >= 11 is 0. The van der Waals surface area contributed by atoms with Crippen LogP contribution < -0.4 is 15.4 Å². The minimum atomic E-state index is -0.797. The van der Waals surface area contributed by atoms with Gasteiger partial charge in [0.25, 0.3) is 0 Å². The highest BCUT2D eigenvalue weighted by atomic mass is 19.1. The molecular formula is C24H24F2N4O5. The lowest BCUT2D eigenvalue weighted by molar-refractivity contribution is -0.149. The predicted octanol–water partition coefficient (Wildman–Crippen LogP) is 4.84. The summed E-state index contributed by atoms with van der Waals surface area (Å²) in [5.74, 6) is -2.26. The van der Waals surface area contributed by atoms with Crippen LogP contribution in [0.3, 0.4) is 0 Å². The molecule has 1 aliphatic carbocycles. The highest BCUT2D eigenvalue weighted by Crippen LogP contribution is 2.30. The van der Waals surface area contributed by atoms with Crippen LogP contribution in [-0.2, 0) is 9.53 Å². The molecule has 1 aliphatic rings. The fourth-order valence-corrected chi connectivity index (χ4v) is 3.74. The van der Waals surface area contributed by atoms with E-state index in [4.69, 9.17) is 13.9 Å². The SMILES string of the molecule is CCOC(=O)C1CCC(Oc2ccc(NC(=O)c3nnc(Nc4ccc(F)cc4)o3)c(F)c2)CC1. The third kappa shape index (κ3) is 6.31. The Kier molecular flexibility index (Phi) is 7.54.